The predicted octanol–water partition coefficient (Wildman–Crippen LogP) is 3.62. The van der Waals surface area contributed by atoms with Gasteiger partial charge in [0.1, 0.15) is 25.4 Å². The topological polar surface area (TPSA) is 229 Å². The Balaban J connectivity index is 1.75. The van der Waals surface area contributed by atoms with Gasteiger partial charge in [0, 0.05) is 66.9 Å². The quantitative estimate of drug-likeness (QED) is 0.116. The van der Waals surface area contributed by atoms with E-state index in [1.807, 2.05) is 24.3 Å². The molecule has 22 heteroatoms. The Hall–Kier alpha value is -3.70. The lowest BCUT2D eigenvalue weighted by Crippen LogP contribution is -2.61. The van der Waals surface area contributed by atoms with Gasteiger partial charge in [-0.2, -0.15) is 0 Å². The minimum absolute atomic E-state index is 0.338. The average molecular weight is 895 g/mol. The van der Waals surface area contributed by atoms with Crippen molar-refractivity contribution in [3.05, 3.63) is 35.4 Å². The molecular formula is C36H46O18S4. The van der Waals surface area contributed by atoms with Crippen LogP contribution in [0.1, 0.15) is 66.5 Å². The molecule has 0 bridgehead atoms. The van der Waals surface area contributed by atoms with E-state index in [-0.39, 0.29) is 13.2 Å². The van der Waals surface area contributed by atoms with Crippen LogP contribution in [-0.4, -0.2) is 121 Å². The van der Waals surface area contributed by atoms with Crippen molar-refractivity contribution < 1.29 is 85.7 Å². The Bertz CT molecular complexity index is 1530. The lowest BCUT2D eigenvalue weighted by molar-refractivity contribution is -0.237. The van der Waals surface area contributed by atoms with Crippen molar-refractivity contribution in [1.29, 1.82) is 0 Å². The zero-order valence-corrected chi connectivity index (χ0v) is 36.2. The largest absolute Gasteiger partial charge is 0.463 e. The van der Waals surface area contributed by atoms with Crippen molar-refractivity contribution in [2.24, 2.45) is 0 Å². The first-order valence-corrected chi connectivity index (χ1v) is 22.4. The van der Waals surface area contributed by atoms with E-state index in [1.165, 1.54) is 70.9 Å². The molecule has 0 aromatic heterocycles. The molecule has 0 N–H and O–H groups in total. The summed E-state index contributed by atoms with van der Waals surface area (Å²) < 4.78 is 55.6. The predicted molar refractivity (Wildman–Crippen MR) is 208 cm³/mol. The van der Waals surface area contributed by atoms with E-state index in [0.29, 0.717) is 11.5 Å². The summed E-state index contributed by atoms with van der Waals surface area (Å²) in [6, 6.07) is 7.58. The number of esters is 8. The van der Waals surface area contributed by atoms with Gasteiger partial charge in [0.05, 0.1) is 0 Å². The number of hydrogen-bond acceptors (Lipinski definition) is 22. The standard InChI is InChI=1S/C36H46O18S4/c1-17(37)45-13-27-29(47-19(3)39)31(49-21(5)41)33(51-23(7)43)35(53-27)57-55-15-25-10-9-11-26(12-25)16-56-58-36-34(52-24(8)44)32(50-22(6)42)30(48-20(4)40)28(54-36)14-46-18(2)38/h9-12,27-36H,13-16H2,1-8H3/t27-,28-,29+,30+,31+,32+,33-,34-,35+,36+/m1/s1. The zero-order valence-electron chi connectivity index (χ0n) is 32.9. The number of carbonyl (C=O) groups is 8. The van der Waals surface area contributed by atoms with E-state index < -0.39 is 107 Å². The van der Waals surface area contributed by atoms with Gasteiger partial charge in [-0.15, -0.1) is 0 Å². The molecule has 0 spiro atoms. The van der Waals surface area contributed by atoms with Crippen LogP contribution in [0.3, 0.4) is 0 Å². The fourth-order valence-corrected chi connectivity index (χ4v) is 10.7. The molecule has 0 saturated carbocycles. The van der Waals surface area contributed by atoms with Gasteiger partial charge in [-0.3, -0.25) is 38.4 Å². The van der Waals surface area contributed by atoms with Gasteiger partial charge in [-0.05, 0) is 11.1 Å². The first-order chi connectivity index (χ1) is 27.3. The summed E-state index contributed by atoms with van der Waals surface area (Å²) in [5, 5.41) is 0. The fraction of sp³-hybridized carbons (Fsp3) is 0.611. The fourth-order valence-electron chi connectivity index (χ4n) is 5.68. The summed E-state index contributed by atoms with van der Waals surface area (Å²) in [7, 11) is 5.01. The molecule has 58 heavy (non-hydrogen) atoms. The van der Waals surface area contributed by atoms with Crippen molar-refractivity contribution in [2.45, 2.75) is 127 Å². The molecule has 18 nitrogen and oxygen atoms in total. The average Bonchev–Trinajstić information content (AvgIpc) is 3.10. The van der Waals surface area contributed by atoms with Gasteiger partial charge in [-0.1, -0.05) is 67.4 Å². The van der Waals surface area contributed by atoms with Crippen LogP contribution in [-0.2, 0) is 97.2 Å². The van der Waals surface area contributed by atoms with Gasteiger partial charge in [0.15, 0.2) is 47.5 Å². The molecule has 10 atom stereocenters. The summed E-state index contributed by atoms with van der Waals surface area (Å²) in [4.78, 5) is 96.0. The molecule has 2 saturated heterocycles. The molecule has 2 fully saturated rings. The molecule has 2 aliphatic heterocycles. The van der Waals surface area contributed by atoms with Crippen molar-refractivity contribution in [3.63, 3.8) is 0 Å². The number of benzene rings is 1. The van der Waals surface area contributed by atoms with Gasteiger partial charge >= 0.3 is 47.8 Å². The van der Waals surface area contributed by atoms with Crippen molar-refractivity contribution in [3.8, 4) is 0 Å². The van der Waals surface area contributed by atoms with E-state index in [1.54, 1.807) is 0 Å². The van der Waals surface area contributed by atoms with Gasteiger partial charge < -0.3 is 47.4 Å². The van der Waals surface area contributed by atoms with Crippen LogP contribution in [0.2, 0.25) is 0 Å². The van der Waals surface area contributed by atoms with Crippen molar-refractivity contribution >= 4 is 90.9 Å². The highest BCUT2D eigenvalue weighted by atomic mass is 33.1. The van der Waals surface area contributed by atoms with Crippen LogP contribution in [0.25, 0.3) is 0 Å². The minimum Gasteiger partial charge on any atom is -0.463 e. The summed E-state index contributed by atoms with van der Waals surface area (Å²) in [6.07, 6.45) is -9.61. The molecule has 1 aromatic rings. The van der Waals surface area contributed by atoms with Gasteiger partial charge in [-0.25, -0.2) is 0 Å². The third kappa shape index (κ3) is 16.2. The van der Waals surface area contributed by atoms with Crippen LogP contribution in [0.15, 0.2) is 24.3 Å². The summed E-state index contributed by atoms with van der Waals surface area (Å²) in [5.74, 6) is -4.72. The molecule has 0 unspecified atom stereocenters. The van der Waals surface area contributed by atoms with Crippen molar-refractivity contribution in [1.82, 2.24) is 0 Å². The van der Waals surface area contributed by atoms with E-state index >= 15 is 0 Å². The Morgan fingerprint density at radius 3 is 1.09 bits per heavy atom. The first-order valence-electron chi connectivity index (χ1n) is 17.6. The molecule has 2 aliphatic rings. The smallest absolute Gasteiger partial charge is 0.303 e. The van der Waals surface area contributed by atoms with Gasteiger partial charge in [0.25, 0.3) is 0 Å². The molecule has 1 aromatic carbocycles. The van der Waals surface area contributed by atoms with Crippen LogP contribution in [0.5, 0.6) is 0 Å². The highest BCUT2D eigenvalue weighted by molar-refractivity contribution is 8.76. The molecule has 3 rings (SSSR count). The monoisotopic (exact) mass is 894 g/mol. The third-order valence-electron chi connectivity index (χ3n) is 7.66. The number of hydrogen-bond donors (Lipinski definition) is 0. The van der Waals surface area contributed by atoms with Crippen molar-refractivity contribution in [2.75, 3.05) is 13.2 Å². The zero-order chi connectivity index (χ0) is 43.1. The number of ether oxygens (including phenoxy) is 10. The highest BCUT2D eigenvalue weighted by Crippen LogP contribution is 2.42. The van der Waals surface area contributed by atoms with Crippen LogP contribution in [0.4, 0.5) is 0 Å². The van der Waals surface area contributed by atoms with E-state index in [9.17, 15) is 38.4 Å². The minimum atomic E-state index is -1.28. The molecule has 0 amide bonds. The SMILES string of the molecule is CC(=O)OC[C@H]1O[C@@H](SSCc2cccc(CSS[C@@H]3O[C@H](COC(C)=O)[C@H](OC(C)=O)[C@H](OC(C)=O)[C@H]3OC(C)=O)c2)[C@H](OC(C)=O)[C@@H](OC(C)=O)[C@H]1OC(C)=O. The van der Waals surface area contributed by atoms with E-state index in [2.05, 4.69) is 0 Å². The Morgan fingerprint density at radius 2 is 0.776 bits per heavy atom. The van der Waals surface area contributed by atoms with E-state index in [0.717, 1.165) is 38.8 Å². The Morgan fingerprint density at radius 1 is 0.466 bits per heavy atom. The molecular weight excluding hydrogens is 849 g/mol. The third-order valence-corrected chi connectivity index (χ3v) is 12.6. The maximum Gasteiger partial charge on any atom is 0.303 e. The maximum absolute atomic E-state index is 12.2. The van der Waals surface area contributed by atoms with E-state index in [4.69, 9.17) is 47.4 Å². The second kappa shape index (κ2) is 23.8. The normalized spacial score (nSPS) is 26.6. The lowest BCUT2D eigenvalue weighted by atomic mass is 9.99. The summed E-state index contributed by atoms with van der Waals surface area (Å²) in [6.45, 7) is 8.64. The molecule has 0 radical (unpaired) electrons. The van der Waals surface area contributed by atoms with Gasteiger partial charge in [0.2, 0.25) is 0 Å². The number of carbonyl (C=O) groups excluding carboxylic acids is 8. The number of rotatable bonds is 18. The molecule has 322 valence electrons. The van der Waals surface area contributed by atoms with Crippen LogP contribution >= 0.6 is 43.2 Å². The second-order valence-corrected chi connectivity index (χ2v) is 17.6. The van der Waals surface area contributed by atoms with Crippen LogP contribution in [0, 0.1) is 0 Å². The molecule has 2 heterocycles. The second-order valence-electron chi connectivity index (χ2n) is 12.7. The Kier molecular flexibility index (Phi) is 20.0. The molecule has 0 aliphatic carbocycles. The Labute approximate surface area is 350 Å². The summed E-state index contributed by atoms with van der Waals surface area (Å²) in [5.41, 5.74) is -0.137. The van der Waals surface area contributed by atoms with Crippen LogP contribution < -0.4 is 0 Å². The first kappa shape index (κ1) is 48.7. The lowest BCUT2D eigenvalue weighted by Gasteiger charge is -2.43. The maximum atomic E-state index is 12.2. The highest BCUT2D eigenvalue weighted by Gasteiger charge is 2.54. The summed E-state index contributed by atoms with van der Waals surface area (Å²) >= 11 is 0.